The number of aryl methyl sites for hydroxylation is 2. The maximum Gasteiger partial charge on any atom is 0.264 e. The first kappa shape index (κ1) is 22.1. The summed E-state index contributed by atoms with van der Waals surface area (Å²) in [7, 11) is -2.06. The highest BCUT2D eigenvalue weighted by molar-refractivity contribution is 7.92. The molecule has 30 heavy (non-hydrogen) atoms. The molecule has 0 saturated heterocycles. The summed E-state index contributed by atoms with van der Waals surface area (Å²) >= 11 is 0. The molecule has 2 aromatic rings. The SMILES string of the molecule is COCCCNC(=O)COc1ccc(S(=O)(=O)N2CCCc3ccccc32)cc1C. The fourth-order valence-electron chi connectivity index (χ4n) is 3.46. The molecule has 1 N–H and O–H groups in total. The minimum absolute atomic E-state index is 0.126. The molecule has 8 heteroatoms. The van der Waals surface area contributed by atoms with Crippen molar-refractivity contribution in [1.29, 1.82) is 0 Å². The Morgan fingerprint density at radius 1 is 1.20 bits per heavy atom. The normalized spacial score (nSPS) is 13.6. The number of carbonyl (C=O) groups is 1. The van der Waals surface area contributed by atoms with Crippen molar-refractivity contribution < 1.29 is 22.7 Å². The molecule has 3 rings (SSSR count). The van der Waals surface area contributed by atoms with Crippen LogP contribution in [0, 0.1) is 6.92 Å². The molecular formula is C22H28N2O5S. The van der Waals surface area contributed by atoms with E-state index in [4.69, 9.17) is 9.47 Å². The Kier molecular flexibility index (Phi) is 7.33. The number of ether oxygens (including phenoxy) is 2. The number of rotatable bonds is 9. The van der Waals surface area contributed by atoms with Crippen LogP contribution in [0.4, 0.5) is 5.69 Å². The van der Waals surface area contributed by atoms with Crippen molar-refractivity contribution in [3.8, 4) is 5.75 Å². The van der Waals surface area contributed by atoms with E-state index >= 15 is 0 Å². The van der Waals surface area contributed by atoms with Crippen LogP contribution in [0.2, 0.25) is 0 Å². The number of nitrogens with zero attached hydrogens (tertiary/aromatic N) is 1. The first-order valence-electron chi connectivity index (χ1n) is 10.0. The molecule has 0 aromatic heterocycles. The van der Waals surface area contributed by atoms with Crippen LogP contribution in [0.3, 0.4) is 0 Å². The highest BCUT2D eigenvalue weighted by atomic mass is 32.2. The molecule has 1 aliphatic heterocycles. The van der Waals surface area contributed by atoms with E-state index in [1.165, 1.54) is 10.4 Å². The van der Waals surface area contributed by atoms with Gasteiger partial charge in [0.05, 0.1) is 10.6 Å². The number of hydrogen-bond acceptors (Lipinski definition) is 5. The standard InChI is InChI=1S/C22H28N2O5S/c1-17-15-19(10-11-21(17)29-16-22(25)23-12-6-14-28-2)30(26,27)24-13-5-8-18-7-3-4-9-20(18)24/h3-4,7,9-11,15H,5-6,8,12-14,16H2,1-2H3,(H,23,25). The minimum Gasteiger partial charge on any atom is -0.484 e. The topological polar surface area (TPSA) is 84.9 Å². The van der Waals surface area contributed by atoms with Gasteiger partial charge >= 0.3 is 0 Å². The number of anilines is 1. The van der Waals surface area contributed by atoms with Gasteiger partial charge in [0.25, 0.3) is 15.9 Å². The Morgan fingerprint density at radius 2 is 2.00 bits per heavy atom. The fourth-order valence-corrected chi connectivity index (χ4v) is 5.09. The van der Waals surface area contributed by atoms with Crippen molar-refractivity contribution in [2.45, 2.75) is 31.1 Å². The average Bonchev–Trinajstić information content (AvgIpc) is 2.75. The predicted octanol–water partition coefficient (Wildman–Crippen LogP) is 2.67. The number of methoxy groups -OCH3 is 1. The Labute approximate surface area is 178 Å². The Hall–Kier alpha value is -2.58. The van der Waals surface area contributed by atoms with Gasteiger partial charge < -0.3 is 14.8 Å². The lowest BCUT2D eigenvalue weighted by Crippen LogP contribution is -2.35. The predicted molar refractivity (Wildman–Crippen MR) is 115 cm³/mol. The van der Waals surface area contributed by atoms with Gasteiger partial charge in [-0.2, -0.15) is 0 Å². The maximum atomic E-state index is 13.3. The summed E-state index contributed by atoms with van der Waals surface area (Å²) in [6.45, 7) is 3.20. The Bertz CT molecular complexity index is 991. The number of sulfonamides is 1. The van der Waals surface area contributed by atoms with Gasteiger partial charge in [-0.25, -0.2) is 8.42 Å². The molecule has 7 nitrogen and oxygen atoms in total. The molecule has 0 aliphatic carbocycles. The minimum atomic E-state index is -3.68. The van der Waals surface area contributed by atoms with Crippen molar-refractivity contribution in [1.82, 2.24) is 5.32 Å². The lowest BCUT2D eigenvalue weighted by molar-refractivity contribution is -0.123. The third kappa shape index (κ3) is 5.12. The van der Waals surface area contributed by atoms with E-state index in [1.807, 2.05) is 24.3 Å². The number of fused-ring (bicyclic) bond motifs is 1. The average molecular weight is 433 g/mol. The van der Waals surface area contributed by atoms with Gasteiger partial charge in [0.15, 0.2) is 6.61 Å². The molecule has 1 amide bonds. The third-order valence-electron chi connectivity index (χ3n) is 5.01. The van der Waals surface area contributed by atoms with Gasteiger partial charge in [-0.05, 0) is 61.6 Å². The third-order valence-corrected chi connectivity index (χ3v) is 6.82. The Morgan fingerprint density at radius 3 is 2.77 bits per heavy atom. The van der Waals surface area contributed by atoms with E-state index < -0.39 is 10.0 Å². The number of hydrogen-bond donors (Lipinski definition) is 1. The second kappa shape index (κ2) is 9.95. The molecule has 2 aromatic carbocycles. The monoisotopic (exact) mass is 432 g/mol. The van der Waals surface area contributed by atoms with Crippen molar-refractivity contribution in [2.75, 3.05) is 37.7 Å². The van der Waals surface area contributed by atoms with Crippen molar-refractivity contribution >= 4 is 21.6 Å². The number of carbonyl (C=O) groups excluding carboxylic acids is 1. The van der Waals surface area contributed by atoms with Crippen LogP contribution in [0.1, 0.15) is 24.0 Å². The van der Waals surface area contributed by atoms with E-state index in [-0.39, 0.29) is 17.4 Å². The van der Waals surface area contributed by atoms with Crippen molar-refractivity contribution in [3.05, 3.63) is 53.6 Å². The zero-order valence-electron chi connectivity index (χ0n) is 17.4. The smallest absolute Gasteiger partial charge is 0.264 e. The summed E-state index contributed by atoms with van der Waals surface area (Å²) in [5.41, 5.74) is 2.45. The number of para-hydroxylation sites is 1. The van der Waals surface area contributed by atoms with Crippen molar-refractivity contribution in [2.24, 2.45) is 0 Å². The van der Waals surface area contributed by atoms with Crippen LogP contribution < -0.4 is 14.4 Å². The molecule has 1 heterocycles. The summed E-state index contributed by atoms with van der Waals surface area (Å²) in [4.78, 5) is 12.1. The summed E-state index contributed by atoms with van der Waals surface area (Å²) in [5, 5.41) is 2.75. The van der Waals surface area contributed by atoms with E-state index in [2.05, 4.69) is 5.32 Å². The summed E-state index contributed by atoms with van der Waals surface area (Å²) in [6, 6.07) is 12.3. The van der Waals surface area contributed by atoms with E-state index in [9.17, 15) is 13.2 Å². The molecule has 0 unspecified atom stereocenters. The van der Waals surface area contributed by atoms with Crippen LogP contribution in [-0.4, -0.2) is 47.7 Å². The largest absolute Gasteiger partial charge is 0.484 e. The van der Waals surface area contributed by atoms with Crippen molar-refractivity contribution in [3.63, 3.8) is 0 Å². The van der Waals surface area contributed by atoms with E-state index in [0.717, 1.165) is 30.5 Å². The van der Waals surface area contributed by atoms with Crippen LogP contribution in [-0.2, 0) is 26.0 Å². The van der Waals surface area contributed by atoms with Gasteiger partial charge in [-0.1, -0.05) is 18.2 Å². The molecule has 1 aliphatic rings. The number of nitrogens with one attached hydrogen (secondary N) is 1. The summed E-state index contributed by atoms with van der Waals surface area (Å²) < 4.78 is 38.5. The second-order valence-electron chi connectivity index (χ2n) is 7.22. The molecule has 0 saturated carbocycles. The molecule has 0 spiro atoms. The second-order valence-corrected chi connectivity index (χ2v) is 9.08. The zero-order valence-corrected chi connectivity index (χ0v) is 18.2. The van der Waals surface area contributed by atoms with Crippen LogP contribution in [0.15, 0.2) is 47.4 Å². The first-order chi connectivity index (χ1) is 14.4. The van der Waals surface area contributed by atoms with Gasteiger partial charge in [-0.15, -0.1) is 0 Å². The molecule has 0 radical (unpaired) electrons. The molecular weight excluding hydrogens is 404 g/mol. The summed E-state index contributed by atoms with van der Waals surface area (Å²) in [6.07, 6.45) is 2.39. The fraction of sp³-hybridized carbons (Fsp3) is 0.409. The Balaban J connectivity index is 1.68. The number of amides is 1. The van der Waals surface area contributed by atoms with Gasteiger partial charge in [0.1, 0.15) is 5.75 Å². The number of benzene rings is 2. The highest BCUT2D eigenvalue weighted by Crippen LogP contribution is 2.33. The lowest BCUT2D eigenvalue weighted by Gasteiger charge is -2.30. The van der Waals surface area contributed by atoms with E-state index in [1.54, 1.807) is 26.2 Å². The quantitative estimate of drug-likeness (QED) is 0.616. The lowest BCUT2D eigenvalue weighted by atomic mass is 10.0. The molecule has 0 bridgehead atoms. The summed E-state index contributed by atoms with van der Waals surface area (Å²) in [5.74, 6) is 0.257. The van der Waals surface area contributed by atoms with Crippen LogP contribution in [0.5, 0.6) is 5.75 Å². The van der Waals surface area contributed by atoms with Gasteiger partial charge in [0.2, 0.25) is 0 Å². The molecule has 0 atom stereocenters. The molecule has 162 valence electrons. The molecule has 0 fully saturated rings. The van der Waals surface area contributed by atoms with E-state index in [0.29, 0.717) is 31.0 Å². The van der Waals surface area contributed by atoms with Crippen LogP contribution >= 0.6 is 0 Å². The van der Waals surface area contributed by atoms with Gasteiger partial charge in [0, 0.05) is 26.8 Å². The first-order valence-corrected chi connectivity index (χ1v) is 11.5. The highest BCUT2D eigenvalue weighted by Gasteiger charge is 2.29. The van der Waals surface area contributed by atoms with Crippen LogP contribution in [0.25, 0.3) is 0 Å². The zero-order chi connectivity index (χ0) is 21.6. The van der Waals surface area contributed by atoms with Gasteiger partial charge in [-0.3, -0.25) is 9.10 Å². The maximum absolute atomic E-state index is 13.3.